The zero-order chi connectivity index (χ0) is 17.8. The van der Waals surface area contributed by atoms with Gasteiger partial charge in [-0.25, -0.2) is 9.78 Å². The fourth-order valence-corrected chi connectivity index (χ4v) is 3.03. The van der Waals surface area contributed by atoms with E-state index in [4.69, 9.17) is 5.73 Å². The van der Waals surface area contributed by atoms with Gasteiger partial charge >= 0.3 is 6.03 Å². The Hall–Kier alpha value is -3.19. The van der Waals surface area contributed by atoms with Crippen LogP contribution < -0.4 is 16.4 Å². The van der Waals surface area contributed by atoms with E-state index in [0.29, 0.717) is 17.1 Å². The van der Waals surface area contributed by atoms with Gasteiger partial charge in [-0.05, 0) is 25.1 Å². The molecule has 0 saturated heterocycles. The first kappa shape index (κ1) is 16.7. The predicted octanol–water partition coefficient (Wildman–Crippen LogP) is 3.86. The molecule has 6 nitrogen and oxygen atoms in total. The average molecular weight is 352 g/mol. The molecule has 0 fully saturated rings. The van der Waals surface area contributed by atoms with Crippen molar-refractivity contribution in [3.63, 3.8) is 0 Å². The van der Waals surface area contributed by atoms with Crippen molar-refractivity contribution in [1.82, 2.24) is 4.98 Å². The minimum atomic E-state index is -0.661. The van der Waals surface area contributed by atoms with Crippen molar-refractivity contribution in [3.05, 3.63) is 65.2 Å². The van der Waals surface area contributed by atoms with E-state index in [0.717, 1.165) is 10.6 Å². The third-order valence-electron chi connectivity index (χ3n) is 3.42. The Labute approximate surface area is 148 Å². The van der Waals surface area contributed by atoms with Gasteiger partial charge in [0.2, 0.25) is 0 Å². The zero-order valence-electron chi connectivity index (χ0n) is 13.4. The zero-order valence-corrected chi connectivity index (χ0v) is 14.3. The summed E-state index contributed by atoms with van der Waals surface area (Å²) < 4.78 is 0. The standard InChI is InChI=1S/C18H16N4O2S/c1-11-5-7-12(8-6-11)17-22-15(10-25-17)16(23)20-13-3-2-4-14(9-13)21-18(19)24/h2-10H,1H3,(H,20,23)(H3,19,21,24). The van der Waals surface area contributed by atoms with Crippen LogP contribution in [0.25, 0.3) is 10.6 Å². The Bertz CT molecular complexity index is 919. The van der Waals surface area contributed by atoms with Crippen molar-refractivity contribution in [3.8, 4) is 10.6 Å². The van der Waals surface area contributed by atoms with Crippen LogP contribution in [-0.4, -0.2) is 16.9 Å². The number of carbonyl (C=O) groups excluding carboxylic acids is 2. The van der Waals surface area contributed by atoms with Crippen LogP contribution in [0.15, 0.2) is 53.9 Å². The van der Waals surface area contributed by atoms with E-state index in [2.05, 4.69) is 15.6 Å². The first-order valence-electron chi connectivity index (χ1n) is 7.52. The molecule has 0 saturated carbocycles. The Morgan fingerprint density at radius 1 is 1.04 bits per heavy atom. The van der Waals surface area contributed by atoms with Crippen LogP contribution in [0.2, 0.25) is 0 Å². The highest BCUT2D eigenvalue weighted by atomic mass is 32.1. The number of hydrogen-bond donors (Lipinski definition) is 3. The third kappa shape index (κ3) is 4.21. The van der Waals surface area contributed by atoms with Crippen LogP contribution in [-0.2, 0) is 0 Å². The molecule has 3 rings (SSSR count). The van der Waals surface area contributed by atoms with Gasteiger partial charge < -0.3 is 16.4 Å². The van der Waals surface area contributed by atoms with E-state index in [1.165, 1.54) is 16.9 Å². The molecule has 0 radical (unpaired) electrons. The summed E-state index contributed by atoms with van der Waals surface area (Å²) in [5.41, 5.74) is 8.62. The van der Waals surface area contributed by atoms with Gasteiger partial charge in [0.05, 0.1) is 0 Å². The molecular weight excluding hydrogens is 336 g/mol. The van der Waals surface area contributed by atoms with Gasteiger partial charge in [-0.15, -0.1) is 11.3 Å². The number of nitrogens with zero attached hydrogens (tertiary/aromatic N) is 1. The molecule has 3 amide bonds. The molecule has 1 aromatic heterocycles. The molecule has 4 N–H and O–H groups in total. The van der Waals surface area contributed by atoms with E-state index in [-0.39, 0.29) is 5.91 Å². The predicted molar refractivity (Wildman–Crippen MR) is 99.9 cm³/mol. The van der Waals surface area contributed by atoms with Crippen LogP contribution in [0.3, 0.4) is 0 Å². The van der Waals surface area contributed by atoms with Crippen molar-refractivity contribution < 1.29 is 9.59 Å². The Morgan fingerprint density at radius 3 is 2.40 bits per heavy atom. The van der Waals surface area contributed by atoms with Gasteiger partial charge in [-0.3, -0.25) is 4.79 Å². The Morgan fingerprint density at radius 2 is 1.72 bits per heavy atom. The highest BCUT2D eigenvalue weighted by Gasteiger charge is 2.12. The smallest absolute Gasteiger partial charge is 0.316 e. The van der Waals surface area contributed by atoms with Crippen molar-refractivity contribution in [1.29, 1.82) is 0 Å². The van der Waals surface area contributed by atoms with Crippen LogP contribution >= 0.6 is 11.3 Å². The van der Waals surface area contributed by atoms with E-state index in [1.807, 2.05) is 31.2 Å². The lowest BCUT2D eigenvalue weighted by atomic mass is 10.2. The number of aromatic nitrogens is 1. The van der Waals surface area contributed by atoms with E-state index in [9.17, 15) is 9.59 Å². The third-order valence-corrected chi connectivity index (χ3v) is 4.31. The Balaban J connectivity index is 1.74. The highest BCUT2D eigenvalue weighted by molar-refractivity contribution is 7.13. The molecule has 0 aliphatic heterocycles. The number of aryl methyl sites for hydroxylation is 1. The van der Waals surface area contributed by atoms with Gasteiger partial charge in [0.15, 0.2) is 0 Å². The molecule has 2 aromatic carbocycles. The number of primary amides is 1. The fraction of sp³-hybridized carbons (Fsp3) is 0.0556. The van der Waals surface area contributed by atoms with Gasteiger partial charge in [0.1, 0.15) is 10.7 Å². The number of hydrogen-bond acceptors (Lipinski definition) is 4. The summed E-state index contributed by atoms with van der Waals surface area (Å²) in [6.07, 6.45) is 0. The number of benzene rings is 2. The maximum Gasteiger partial charge on any atom is 0.316 e. The number of nitrogens with two attached hydrogens (primary N) is 1. The lowest BCUT2D eigenvalue weighted by Crippen LogP contribution is -2.19. The molecule has 0 aliphatic carbocycles. The van der Waals surface area contributed by atoms with Crippen molar-refractivity contribution in [2.75, 3.05) is 10.6 Å². The van der Waals surface area contributed by atoms with Crippen molar-refractivity contribution in [2.45, 2.75) is 6.92 Å². The summed E-state index contributed by atoms with van der Waals surface area (Å²) in [5, 5.41) is 7.73. The largest absolute Gasteiger partial charge is 0.351 e. The second-order valence-corrected chi connectivity index (χ2v) is 6.29. The topological polar surface area (TPSA) is 97.1 Å². The molecule has 0 atom stereocenters. The summed E-state index contributed by atoms with van der Waals surface area (Å²) in [6.45, 7) is 2.02. The molecule has 126 valence electrons. The molecule has 0 aliphatic rings. The van der Waals surface area contributed by atoms with Crippen molar-refractivity contribution in [2.24, 2.45) is 5.73 Å². The minimum absolute atomic E-state index is 0.314. The number of anilines is 2. The molecule has 1 heterocycles. The van der Waals surface area contributed by atoms with Gasteiger partial charge in [0, 0.05) is 22.3 Å². The molecule has 25 heavy (non-hydrogen) atoms. The monoisotopic (exact) mass is 352 g/mol. The van der Waals surface area contributed by atoms with Crippen LogP contribution in [0.1, 0.15) is 16.1 Å². The van der Waals surface area contributed by atoms with Crippen LogP contribution in [0.5, 0.6) is 0 Å². The number of thiazole rings is 1. The molecular formula is C18H16N4O2S. The van der Waals surface area contributed by atoms with Gasteiger partial charge in [-0.1, -0.05) is 35.9 Å². The van der Waals surface area contributed by atoms with Crippen LogP contribution in [0, 0.1) is 6.92 Å². The SMILES string of the molecule is Cc1ccc(-c2nc(C(=O)Nc3cccc(NC(N)=O)c3)cs2)cc1. The van der Waals surface area contributed by atoms with Gasteiger partial charge in [-0.2, -0.15) is 0 Å². The number of carbonyl (C=O) groups is 2. The maximum absolute atomic E-state index is 12.4. The highest BCUT2D eigenvalue weighted by Crippen LogP contribution is 2.24. The maximum atomic E-state index is 12.4. The summed E-state index contributed by atoms with van der Waals surface area (Å²) in [6, 6.07) is 14.0. The minimum Gasteiger partial charge on any atom is -0.351 e. The fourth-order valence-electron chi connectivity index (χ4n) is 2.22. The summed E-state index contributed by atoms with van der Waals surface area (Å²) in [4.78, 5) is 27.7. The molecule has 7 heteroatoms. The van der Waals surface area contributed by atoms with Gasteiger partial charge in [0.25, 0.3) is 5.91 Å². The van der Waals surface area contributed by atoms with Crippen molar-refractivity contribution >= 4 is 34.6 Å². The molecule has 0 unspecified atom stereocenters. The first-order chi connectivity index (χ1) is 12.0. The van der Waals surface area contributed by atoms with Crippen LogP contribution in [0.4, 0.5) is 16.2 Å². The summed E-state index contributed by atoms with van der Waals surface area (Å²) in [5.74, 6) is -0.314. The molecule has 0 spiro atoms. The van der Waals surface area contributed by atoms with E-state index >= 15 is 0 Å². The lowest BCUT2D eigenvalue weighted by Gasteiger charge is -2.06. The quantitative estimate of drug-likeness (QED) is 0.665. The number of rotatable bonds is 4. The second-order valence-electron chi connectivity index (χ2n) is 5.43. The summed E-state index contributed by atoms with van der Waals surface area (Å²) in [7, 11) is 0. The summed E-state index contributed by atoms with van der Waals surface area (Å²) >= 11 is 1.41. The lowest BCUT2D eigenvalue weighted by molar-refractivity contribution is 0.102. The normalized spacial score (nSPS) is 10.3. The Kier molecular flexibility index (Phi) is 4.76. The number of urea groups is 1. The number of amides is 3. The molecule has 3 aromatic rings. The second kappa shape index (κ2) is 7.14. The average Bonchev–Trinajstić information content (AvgIpc) is 3.05. The number of nitrogens with one attached hydrogen (secondary N) is 2. The first-order valence-corrected chi connectivity index (χ1v) is 8.40. The molecule has 0 bridgehead atoms. The van der Waals surface area contributed by atoms with E-state index < -0.39 is 6.03 Å². The van der Waals surface area contributed by atoms with E-state index in [1.54, 1.807) is 29.6 Å².